The summed E-state index contributed by atoms with van der Waals surface area (Å²) in [5.74, 6) is 0.527. The van der Waals surface area contributed by atoms with Crippen molar-refractivity contribution in [1.82, 2.24) is 4.98 Å². The molecule has 3 rings (SSSR count). The van der Waals surface area contributed by atoms with Gasteiger partial charge in [-0.2, -0.15) is 0 Å². The van der Waals surface area contributed by atoms with Gasteiger partial charge in [0.05, 0.1) is 17.2 Å². The number of Topliss-reactive ketones (excluding diaryl/α,β-unsaturated/α-hetero) is 1. The zero-order chi connectivity index (χ0) is 20.3. The molecule has 0 aliphatic carbocycles. The Morgan fingerprint density at radius 1 is 1.11 bits per heavy atom. The fourth-order valence-corrected chi connectivity index (χ4v) is 3.84. The van der Waals surface area contributed by atoms with Crippen LogP contribution in [0.15, 0.2) is 59.3 Å². The molecule has 3 aromatic rings. The smallest absolute Gasteiger partial charge is 0.225 e. The highest BCUT2D eigenvalue weighted by atomic mass is 32.2. The van der Waals surface area contributed by atoms with Crippen molar-refractivity contribution < 1.29 is 17.6 Å². The van der Waals surface area contributed by atoms with Gasteiger partial charge < -0.3 is 4.42 Å². The number of sulfone groups is 1. The highest BCUT2D eigenvalue weighted by Crippen LogP contribution is 2.22. The van der Waals surface area contributed by atoms with Gasteiger partial charge in [-0.05, 0) is 49.6 Å². The van der Waals surface area contributed by atoms with Crippen LogP contribution in [0.5, 0.6) is 0 Å². The predicted molar refractivity (Wildman–Crippen MR) is 109 cm³/mol. The number of rotatable bonds is 7. The van der Waals surface area contributed by atoms with Crippen molar-refractivity contribution in [2.45, 2.75) is 38.2 Å². The molecule has 0 bridgehead atoms. The van der Waals surface area contributed by atoms with E-state index in [0.717, 1.165) is 16.7 Å². The zero-order valence-electron chi connectivity index (χ0n) is 16.2. The quantitative estimate of drug-likeness (QED) is 0.552. The van der Waals surface area contributed by atoms with Crippen LogP contribution in [0, 0.1) is 6.92 Å². The molecule has 0 aliphatic heterocycles. The van der Waals surface area contributed by atoms with Gasteiger partial charge in [-0.3, -0.25) is 4.79 Å². The molecule has 6 heteroatoms. The third kappa shape index (κ3) is 4.57. The Morgan fingerprint density at radius 2 is 1.82 bits per heavy atom. The molecular formula is C22H23NO4S. The molecule has 0 atom stereocenters. The molecule has 0 unspecified atom stereocenters. The molecule has 0 amide bonds. The second-order valence-electron chi connectivity index (χ2n) is 7.13. The molecule has 0 saturated heterocycles. The normalized spacial score (nSPS) is 11.7. The average Bonchev–Trinajstić information content (AvgIpc) is 3.18. The highest BCUT2D eigenvalue weighted by Gasteiger charge is 2.17. The number of aromatic nitrogens is 1. The van der Waals surface area contributed by atoms with Gasteiger partial charge in [-0.15, -0.1) is 0 Å². The first kappa shape index (κ1) is 20.0. The van der Waals surface area contributed by atoms with E-state index in [1.807, 2.05) is 25.1 Å². The Bertz CT molecular complexity index is 1070. The second kappa shape index (κ2) is 8.10. The number of carbonyl (C=O) groups excluding carboxylic acids is 1. The van der Waals surface area contributed by atoms with Crippen molar-refractivity contribution in [2.24, 2.45) is 0 Å². The molecule has 0 spiro atoms. The summed E-state index contributed by atoms with van der Waals surface area (Å²) in [5.41, 5.74) is 4.06. The van der Waals surface area contributed by atoms with E-state index in [0.29, 0.717) is 17.0 Å². The van der Waals surface area contributed by atoms with E-state index in [4.69, 9.17) is 4.42 Å². The first-order valence-corrected chi connectivity index (χ1v) is 10.8. The van der Waals surface area contributed by atoms with Crippen LogP contribution < -0.4 is 0 Å². The van der Waals surface area contributed by atoms with Crippen LogP contribution >= 0.6 is 0 Å². The Balaban J connectivity index is 1.71. The minimum atomic E-state index is -3.16. The Morgan fingerprint density at radius 3 is 2.39 bits per heavy atom. The minimum absolute atomic E-state index is 0.00904. The van der Waals surface area contributed by atoms with Gasteiger partial charge in [0.1, 0.15) is 6.26 Å². The summed E-state index contributed by atoms with van der Waals surface area (Å²) in [6, 6.07) is 12.6. The third-order valence-corrected chi connectivity index (χ3v) is 6.91. The molecule has 0 saturated carbocycles. The fraction of sp³-hybridized carbons (Fsp3) is 0.273. The summed E-state index contributed by atoms with van der Waals surface area (Å²) in [6.45, 7) is 5.29. The van der Waals surface area contributed by atoms with Crippen molar-refractivity contribution in [2.75, 3.05) is 0 Å². The van der Waals surface area contributed by atoms with Gasteiger partial charge in [-0.1, -0.05) is 30.3 Å². The lowest BCUT2D eigenvalue weighted by atomic mass is 9.97. The summed E-state index contributed by atoms with van der Waals surface area (Å²) >= 11 is 0. The van der Waals surface area contributed by atoms with E-state index >= 15 is 0 Å². The number of nitrogens with zero attached hydrogens (tertiary/aromatic N) is 1. The maximum atomic E-state index is 12.6. The maximum Gasteiger partial charge on any atom is 0.225 e. The maximum absolute atomic E-state index is 12.6. The molecular weight excluding hydrogens is 374 g/mol. The van der Waals surface area contributed by atoms with E-state index in [2.05, 4.69) is 4.98 Å². The molecule has 2 aromatic carbocycles. The van der Waals surface area contributed by atoms with Crippen molar-refractivity contribution >= 4 is 15.6 Å². The number of carbonyl (C=O) groups is 1. The lowest BCUT2D eigenvalue weighted by Gasteiger charge is -2.09. The Labute approximate surface area is 165 Å². The van der Waals surface area contributed by atoms with E-state index < -0.39 is 15.1 Å². The zero-order valence-corrected chi connectivity index (χ0v) is 17.0. The molecule has 1 aromatic heterocycles. The van der Waals surface area contributed by atoms with Crippen molar-refractivity contribution in [3.63, 3.8) is 0 Å². The van der Waals surface area contributed by atoms with Gasteiger partial charge in [0.25, 0.3) is 0 Å². The standard InChI is InChI=1S/C22H23NO4S/c1-15(2)28(25,26)14-17-4-6-18(7-5-17)21(24)13-19-8-9-20(12-16(19)3)22-23-10-11-27-22/h4-12,15H,13-14H2,1-3H3. The molecule has 0 radical (unpaired) electrons. The minimum Gasteiger partial charge on any atom is -0.445 e. The van der Waals surface area contributed by atoms with Crippen LogP contribution in [-0.2, 0) is 22.0 Å². The number of hydrogen-bond acceptors (Lipinski definition) is 5. The monoisotopic (exact) mass is 397 g/mol. The third-order valence-electron chi connectivity index (χ3n) is 4.73. The van der Waals surface area contributed by atoms with Crippen LogP contribution in [0.1, 0.15) is 40.9 Å². The Hall–Kier alpha value is -2.73. The van der Waals surface area contributed by atoms with Crippen LogP contribution in [0.3, 0.4) is 0 Å². The van der Waals surface area contributed by atoms with E-state index in [1.165, 1.54) is 6.26 Å². The first-order chi connectivity index (χ1) is 13.3. The SMILES string of the molecule is Cc1cc(-c2ncco2)ccc1CC(=O)c1ccc(CS(=O)(=O)C(C)C)cc1. The van der Waals surface area contributed by atoms with Crippen LogP contribution in [0.25, 0.3) is 11.5 Å². The van der Waals surface area contributed by atoms with Gasteiger partial charge in [-0.25, -0.2) is 13.4 Å². The van der Waals surface area contributed by atoms with E-state index in [1.54, 1.807) is 44.3 Å². The molecule has 0 N–H and O–H groups in total. The summed E-state index contributed by atoms with van der Waals surface area (Å²) in [7, 11) is -3.16. The fourth-order valence-electron chi connectivity index (χ4n) is 2.85. The molecule has 0 aliphatic rings. The summed E-state index contributed by atoms with van der Waals surface area (Å²) in [4.78, 5) is 16.8. The van der Waals surface area contributed by atoms with Crippen molar-refractivity contribution in [3.8, 4) is 11.5 Å². The van der Waals surface area contributed by atoms with Crippen LogP contribution in [0.2, 0.25) is 0 Å². The topological polar surface area (TPSA) is 77.2 Å². The van der Waals surface area contributed by atoms with Gasteiger partial charge in [0.15, 0.2) is 15.6 Å². The van der Waals surface area contributed by atoms with Crippen LogP contribution in [-0.4, -0.2) is 24.4 Å². The lowest BCUT2D eigenvalue weighted by molar-refractivity contribution is 0.0992. The molecule has 5 nitrogen and oxygen atoms in total. The lowest BCUT2D eigenvalue weighted by Crippen LogP contribution is -2.16. The van der Waals surface area contributed by atoms with Crippen molar-refractivity contribution in [1.29, 1.82) is 0 Å². The molecule has 1 heterocycles. The number of ketones is 1. The predicted octanol–water partition coefficient (Wildman–Crippen LogP) is 4.40. The van der Waals surface area contributed by atoms with Gasteiger partial charge >= 0.3 is 0 Å². The second-order valence-corrected chi connectivity index (χ2v) is 9.69. The number of benzene rings is 2. The van der Waals surface area contributed by atoms with Gasteiger partial charge in [0, 0.05) is 17.5 Å². The van der Waals surface area contributed by atoms with E-state index in [-0.39, 0.29) is 18.0 Å². The Kier molecular flexibility index (Phi) is 5.79. The number of hydrogen-bond donors (Lipinski definition) is 0. The summed E-state index contributed by atoms with van der Waals surface area (Å²) in [6.07, 6.45) is 3.40. The number of oxazole rings is 1. The first-order valence-electron chi connectivity index (χ1n) is 9.09. The van der Waals surface area contributed by atoms with Crippen molar-refractivity contribution in [3.05, 3.63) is 77.2 Å². The molecule has 146 valence electrons. The highest BCUT2D eigenvalue weighted by molar-refractivity contribution is 7.91. The van der Waals surface area contributed by atoms with E-state index in [9.17, 15) is 13.2 Å². The van der Waals surface area contributed by atoms with Gasteiger partial charge in [0.2, 0.25) is 5.89 Å². The molecule has 0 fully saturated rings. The molecule has 28 heavy (non-hydrogen) atoms. The largest absolute Gasteiger partial charge is 0.445 e. The summed E-state index contributed by atoms with van der Waals surface area (Å²) in [5, 5.41) is -0.420. The van der Waals surface area contributed by atoms with Crippen LogP contribution in [0.4, 0.5) is 0 Å². The average molecular weight is 397 g/mol. The summed E-state index contributed by atoms with van der Waals surface area (Å²) < 4.78 is 29.4. The number of aryl methyl sites for hydroxylation is 1.